The number of nitro groups is 1. The van der Waals surface area contributed by atoms with Gasteiger partial charge < -0.3 is 9.47 Å². The van der Waals surface area contributed by atoms with Gasteiger partial charge in [-0.3, -0.25) is 14.9 Å². The fourth-order valence-electron chi connectivity index (χ4n) is 2.05. The van der Waals surface area contributed by atoms with Crippen LogP contribution in [0.5, 0.6) is 5.75 Å². The maximum absolute atomic E-state index is 12.1. The van der Waals surface area contributed by atoms with Crippen LogP contribution in [-0.4, -0.2) is 29.9 Å². The zero-order chi connectivity index (χ0) is 19.3. The minimum Gasteiger partial charge on any atom is -0.454 e. The van der Waals surface area contributed by atoms with Gasteiger partial charge in [-0.1, -0.05) is 6.07 Å². The van der Waals surface area contributed by atoms with Gasteiger partial charge in [0.15, 0.2) is 12.4 Å². The third kappa shape index (κ3) is 4.82. The monoisotopic (exact) mass is 365 g/mol. The Morgan fingerprint density at radius 3 is 2.31 bits per heavy atom. The second-order valence-electron chi connectivity index (χ2n) is 5.16. The van der Waals surface area contributed by atoms with E-state index in [1.54, 1.807) is 0 Å². The number of carbonyl (C=O) groups is 2. The molecule has 0 aromatic heterocycles. The van der Waals surface area contributed by atoms with E-state index in [0.717, 1.165) is 6.07 Å². The number of ketones is 1. The molecule has 26 heavy (non-hydrogen) atoms. The summed E-state index contributed by atoms with van der Waals surface area (Å²) in [5.74, 6) is -1.57. The van der Waals surface area contributed by atoms with E-state index >= 15 is 0 Å². The van der Waals surface area contributed by atoms with Crippen molar-refractivity contribution in [3.05, 3.63) is 69.3 Å². The first-order valence-corrected chi connectivity index (χ1v) is 7.28. The van der Waals surface area contributed by atoms with Gasteiger partial charge in [-0.15, -0.1) is 0 Å². The highest BCUT2D eigenvalue weighted by Crippen LogP contribution is 2.20. The molecule has 0 aliphatic rings. The van der Waals surface area contributed by atoms with Crippen molar-refractivity contribution in [1.29, 1.82) is 0 Å². The van der Waals surface area contributed by atoms with E-state index < -0.39 is 29.9 Å². The van der Waals surface area contributed by atoms with Gasteiger partial charge in [0.1, 0.15) is 5.75 Å². The number of benzene rings is 2. The summed E-state index contributed by atoms with van der Waals surface area (Å²) in [7, 11) is 0. The predicted octanol–water partition coefficient (Wildman–Crippen LogP) is 3.54. The van der Waals surface area contributed by atoms with Gasteiger partial charge in [-0.05, 0) is 37.3 Å². The topological polar surface area (TPSA) is 95.7 Å². The third-order valence-corrected chi connectivity index (χ3v) is 3.38. The van der Waals surface area contributed by atoms with E-state index in [1.807, 2.05) is 0 Å². The number of hydrogen-bond donors (Lipinski definition) is 0. The molecule has 0 fully saturated rings. The molecule has 0 amide bonds. The number of aryl methyl sites for hydroxylation is 1. The van der Waals surface area contributed by atoms with E-state index in [2.05, 4.69) is 4.74 Å². The smallest absolute Gasteiger partial charge is 0.387 e. The van der Waals surface area contributed by atoms with Crippen LogP contribution in [0, 0.1) is 17.0 Å². The molecule has 0 aliphatic carbocycles. The predicted molar refractivity (Wildman–Crippen MR) is 85.5 cm³/mol. The van der Waals surface area contributed by atoms with Crippen LogP contribution in [-0.2, 0) is 4.74 Å². The highest BCUT2D eigenvalue weighted by molar-refractivity contribution is 5.99. The first-order chi connectivity index (χ1) is 12.3. The SMILES string of the molecule is Cc1ccc(C(=O)OCC(=O)c2ccc(OC(F)F)cc2)cc1[N+](=O)[O-]. The summed E-state index contributed by atoms with van der Waals surface area (Å²) in [6.45, 7) is -2.05. The number of nitrogens with zero attached hydrogens (tertiary/aromatic N) is 1. The average Bonchev–Trinajstić information content (AvgIpc) is 2.59. The zero-order valence-electron chi connectivity index (χ0n) is 13.5. The summed E-state index contributed by atoms with van der Waals surface area (Å²) in [5.41, 5.74) is 0.221. The first-order valence-electron chi connectivity index (χ1n) is 7.28. The largest absolute Gasteiger partial charge is 0.454 e. The lowest BCUT2D eigenvalue weighted by atomic mass is 10.1. The van der Waals surface area contributed by atoms with Crippen LogP contribution >= 0.6 is 0 Å². The molecular formula is C17H13F2NO6. The Morgan fingerprint density at radius 1 is 1.12 bits per heavy atom. The highest BCUT2D eigenvalue weighted by atomic mass is 19.3. The number of carbonyl (C=O) groups excluding carboxylic acids is 2. The maximum Gasteiger partial charge on any atom is 0.387 e. The number of ether oxygens (including phenoxy) is 2. The molecule has 0 bridgehead atoms. The number of Topliss-reactive ketones (excluding diaryl/α,β-unsaturated/α-hetero) is 1. The minimum absolute atomic E-state index is 0.0595. The lowest BCUT2D eigenvalue weighted by molar-refractivity contribution is -0.385. The van der Waals surface area contributed by atoms with Crippen LogP contribution in [0.1, 0.15) is 26.3 Å². The van der Waals surface area contributed by atoms with E-state index in [1.165, 1.54) is 43.3 Å². The van der Waals surface area contributed by atoms with Crippen LogP contribution in [0.2, 0.25) is 0 Å². The van der Waals surface area contributed by atoms with Crippen molar-refractivity contribution in [2.45, 2.75) is 13.5 Å². The molecule has 2 rings (SSSR count). The van der Waals surface area contributed by atoms with Crippen molar-refractivity contribution in [3.63, 3.8) is 0 Å². The van der Waals surface area contributed by atoms with Crippen LogP contribution in [0.25, 0.3) is 0 Å². The maximum atomic E-state index is 12.1. The van der Waals surface area contributed by atoms with Crippen LogP contribution in [0.4, 0.5) is 14.5 Å². The molecule has 0 N–H and O–H groups in total. The summed E-state index contributed by atoms with van der Waals surface area (Å²) < 4.78 is 33.1. The normalized spacial score (nSPS) is 10.5. The fraction of sp³-hybridized carbons (Fsp3) is 0.176. The summed E-state index contributed by atoms with van der Waals surface area (Å²) in [6.07, 6.45) is 0. The molecular weight excluding hydrogens is 352 g/mol. The molecule has 2 aromatic carbocycles. The average molecular weight is 365 g/mol. The van der Waals surface area contributed by atoms with Crippen molar-refractivity contribution in [2.24, 2.45) is 0 Å². The minimum atomic E-state index is -2.98. The van der Waals surface area contributed by atoms with E-state index in [0.29, 0.717) is 5.56 Å². The molecule has 0 spiro atoms. The molecule has 2 aromatic rings. The molecule has 0 heterocycles. The molecule has 0 saturated carbocycles. The lowest BCUT2D eigenvalue weighted by Gasteiger charge is -2.07. The fourth-order valence-corrected chi connectivity index (χ4v) is 2.05. The Morgan fingerprint density at radius 2 is 1.73 bits per heavy atom. The van der Waals surface area contributed by atoms with Gasteiger partial charge in [-0.2, -0.15) is 8.78 Å². The van der Waals surface area contributed by atoms with Crippen LogP contribution < -0.4 is 4.74 Å². The van der Waals surface area contributed by atoms with Gasteiger partial charge in [0.25, 0.3) is 5.69 Å². The van der Waals surface area contributed by atoms with Crippen molar-refractivity contribution in [2.75, 3.05) is 6.61 Å². The van der Waals surface area contributed by atoms with Crippen molar-refractivity contribution < 1.29 is 32.8 Å². The molecule has 0 unspecified atom stereocenters. The molecule has 9 heteroatoms. The van der Waals surface area contributed by atoms with Gasteiger partial charge in [0.05, 0.1) is 10.5 Å². The van der Waals surface area contributed by atoms with Gasteiger partial charge in [0.2, 0.25) is 0 Å². The number of nitro benzene ring substituents is 1. The van der Waals surface area contributed by atoms with Gasteiger partial charge >= 0.3 is 12.6 Å². The van der Waals surface area contributed by atoms with Gasteiger partial charge in [0, 0.05) is 17.2 Å². The summed E-state index contributed by atoms with van der Waals surface area (Å²) in [5, 5.41) is 10.9. The van der Waals surface area contributed by atoms with Crippen LogP contribution in [0.15, 0.2) is 42.5 Å². The second kappa shape index (κ2) is 8.15. The van der Waals surface area contributed by atoms with E-state index in [4.69, 9.17) is 4.74 Å². The molecule has 0 saturated heterocycles. The summed E-state index contributed by atoms with van der Waals surface area (Å²) >= 11 is 0. The molecule has 0 radical (unpaired) electrons. The Kier molecular flexibility index (Phi) is 5.94. The highest BCUT2D eigenvalue weighted by Gasteiger charge is 2.17. The van der Waals surface area contributed by atoms with E-state index in [9.17, 15) is 28.5 Å². The molecule has 136 valence electrons. The number of esters is 1. The quantitative estimate of drug-likeness (QED) is 0.322. The van der Waals surface area contributed by atoms with Crippen molar-refractivity contribution >= 4 is 17.4 Å². The first kappa shape index (κ1) is 19.0. The van der Waals surface area contributed by atoms with Crippen LogP contribution in [0.3, 0.4) is 0 Å². The number of halogens is 2. The van der Waals surface area contributed by atoms with Gasteiger partial charge in [-0.25, -0.2) is 4.79 Å². The molecule has 0 aliphatic heterocycles. The number of rotatable bonds is 7. The Hall–Kier alpha value is -3.36. The lowest BCUT2D eigenvalue weighted by Crippen LogP contribution is -2.14. The Labute approximate surface area is 146 Å². The van der Waals surface area contributed by atoms with E-state index in [-0.39, 0.29) is 22.6 Å². The Balaban J connectivity index is 1.99. The zero-order valence-corrected chi connectivity index (χ0v) is 13.5. The molecule has 7 nitrogen and oxygen atoms in total. The number of hydrogen-bond acceptors (Lipinski definition) is 6. The standard InChI is InChI=1S/C17H13F2NO6/c1-10-2-3-12(8-14(10)20(23)24)16(22)25-9-15(21)11-4-6-13(7-5-11)26-17(18)19/h2-8,17H,9H2,1H3. The Bertz CT molecular complexity index is 836. The van der Waals surface area contributed by atoms with Crippen molar-refractivity contribution in [3.8, 4) is 5.75 Å². The summed E-state index contributed by atoms with van der Waals surface area (Å²) in [4.78, 5) is 34.2. The summed E-state index contributed by atoms with van der Waals surface area (Å²) in [6, 6.07) is 8.70. The number of alkyl halides is 2. The third-order valence-electron chi connectivity index (χ3n) is 3.38. The second-order valence-corrected chi connectivity index (χ2v) is 5.16. The molecule has 0 atom stereocenters. The van der Waals surface area contributed by atoms with Crippen molar-refractivity contribution in [1.82, 2.24) is 0 Å².